The summed E-state index contributed by atoms with van der Waals surface area (Å²) in [7, 11) is 0. The van der Waals surface area contributed by atoms with Crippen LogP contribution in [0.3, 0.4) is 0 Å². The van der Waals surface area contributed by atoms with Crippen molar-refractivity contribution in [2.45, 2.75) is 70.6 Å². The van der Waals surface area contributed by atoms with Gasteiger partial charge < -0.3 is 9.63 Å². The number of aliphatic hydroxyl groups is 1. The third-order valence-electron chi connectivity index (χ3n) is 4.36. The minimum atomic E-state index is -4.69. The smallest absolute Gasteiger partial charge is 0.383 e. The van der Waals surface area contributed by atoms with Crippen LogP contribution in [0.2, 0.25) is 0 Å². The van der Waals surface area contributed by atoms with Crippen molar-refractivity contribution >= 4 is 0 Å². The molecule has 1 aliphatic rings. The molecule has 7 heteroatoms. The van der Waals surface area contributed by atoms with Crippen molar-refractivity contribution in [1.82, 2.24) is 10.1 Å². The molecule has 1 N–H and O–H groups in total. The van der Waals surface area contributed by atoms with Crippen LogP contribution >= 0.6 is 0 Å². The summed E-state index contributed by atoms with van der Waals surface area (Å²) in [5, 5.41) is 13.1. The SMILES string of the molecule is CC(c1nc(C2CCC(C)(C)CC2)no1)C(O)C(F)(F)F. The van der Waals surface area contributed by atoms with E-state index in [0.29, 0.717) is 11.2 Å². The lowest BCUT2D eigenvalue weighted by Crippen LogP contribution is -2.33. The minimum Gasteiger partial charge on any atom is -0.383 e. The van der Waals surface area contributed by atoms with Gasteiger partial charge in [0, 0.05) is 5.92 Å². The van der Waals surface area contributed by atoms with Gasteiger partial charge in [0.05, 0.1) is 5.92 Å². The second-order valence-electron chi connectivity index (χ2n) is 6.70. The van der Waals surface area contributed by atoms with Crippen LogP contribution in [0.5, 0.6) is 0 Å². The first-order valence-electron chi connectivity index (χ1n) is 7.18. The molecule has 1 aliphatic carbocycles. The first-order chi connectivity index (χ1) is 9.60. The van der Waals surface area contributed by atoms with E-state index in [4.69, 9.17) is 4.52 Å². The first-order valence-corrected chi connectivity index (χ1v) is 7.18. The Hall–Kier alpha value is -1.11. The number of nitrogens with zero attached hydrogens (tertiary/aromatic N) is 2. The molecule has 1 aromatic rings. The molecule has 1 heterocycles. The molecule has 0 aromatic carbocycles. The first kappa shape index (κ1) is 16.3. The molecule has 2 unspecified atom stereocenters. The highest BCUT2D eigenvalue weighted by molar-refractivity contribution is 5.03. The zero-order valence-corrected chi connectivity index (χ0v) is 12.4. The van der Waals surface area contributed by atoms with Crippen LogP contribution in [0.1, 0.15) is 70.0 Å². The third-order valence-corrected chi connectivity index (χ3v) is 4.36. The summed E-state index contributed by atoms with van der Waals surface area (Å²) < 4.78 is 42.4. The molecule has 1 aromatic heterocycles. The van der Waals surface area contributed by atoms with E-state index in [1.165, 1.54) is 6.92 Å². The molecule has 2 atom stereocenters. The average molecular weight is 306 g/mol. The van der Waals surface area contributed by atoms with Gasteiger partial charge in [0.2, 0.25) is 5.89 Å². The number of hydrogen-bond acceptors (Lipinski definition) is 4. The van der Waals surface area contributed by atoms with Crippen LogP contribution in [-0.2, 0) is 0 Å². The van der Waals surface area contributed by atoms with Gasteiger partial charge in [0.15, 0.2) is 11.9 Å². The summed E-state index contributed by atoms with van der Waals surface area (Å²) in [6, 6.07) is 0. The highest BCUT2D eigenvalue weighted by atomic mass is 19.4. The predicted octanol–water partition coefficient (Wildman–Crippen LogP) is 3.78. The van der Waals surface area contributed by atoms with Gasteiger partial charge in [0.25, 0.3) is 0 Å². The van der Waals surface area contributed by atoms with Gasteiger partial charge in [-0.2, -0.15) is 18.2 Å². The summed E-state index contributed by atoms with van der Waals surface area (Å²) in [5.74, 6) is -0.821. The molecule has 0 bridgehead atoms. The molecule has 0 amide bonds. The summed E-state index contributed by atoms with van der Waals surface area (Å²) in [5.41, 5.74) is 0.294. The second-order valence-corrected chi connectivity index (χ2v) is 6.70. The van der Waals surface area contributed by atoms with Crippen LogP contribution in [-0.4, -0.2) is 27.5 Å². The van der Waals surface area contributed by atoms with Crippen LogP contribution < -0.4 is 0 Å². The number of rotatable bonds is 3. The number of aromatic nitrogens is 2. The van der Waals surface area contributed by atoms with E-state index in [1.54, 1.807) is 0 Å². The fourth-order valence-electron chi connectivity index (χ4n) is 2.67. The molecule has 1 fully saturated rings. The fraction of sp³-hybridized carbons (Fsp3) is 0.857. The normalized spacial score (nSPS) is 23.0. The van der Waals surface area contributed by atoms with Gasteiger partial charge in [0.1, 0.15) is 0 Å². The average Bonchev–Trinajstić information content (AvgIpc) is 2.85. The van der Waals surface area contributed by atoms with E-state index in [-0.39, 0.29) is 11.8 Å². The molecule has 4 nitrogen and oxygen atoms in total. The quantitative estimate of drug-likeness (QED) is 0.923. The zero-order valence-electron chi connectivity index (χ0n) is 12.4. The van der Waals surface area contributed by atoms with Gasteiger partial charge in [-0.15, -0.1) is 0 Å². The Morgan fingerprint density at radius 3 is 2.38 bits per heavy atom. The lowest BCUT2D eigenvalue weighted by atomic mass is 9.73. The Morgan fingerprint density at radius 1 is 1.29 bits per heavy atom. The molecule has 0 spiro atoms. The molecular weight excluding hydrogens is 285 g/mol. The number of hydrogen-bond donors (Lipinski definition) is 1. The third kappa shape index (κ3) is 3.75. The maximum atomic E-state index is 12.5. The van der Waals surface area contributed by atoms with E-state index in [2.05, 4.69) is 24.0 Å². The van der Waals surface area contributed by atoms with E-state index < -0.39 is 18.2 Å². The maximum absolute atomic E-state index is 12.5. The van der Waals surface area contributed by atoms with Crippen molar-refractivity contribution in [3.63, 3.8) is 0 Å². The summed E-state index contributed by atoms with van der Waals surface area (Å²) in [6.45, 7) is 5.64. The minimum absolute atomic E-state index is 0.130. The Morgan fingerprint density at radius 2 is 1.86 bits per heavy atom. The zero-order chi connectivity index (χ0) is 15.8. The number of alkyl halides is 3. The van der Waals surface area contributed by atoms with Crippen LogP contribution in [0, 0.1) is 5.41 Å². The largest absolute Gasteiger partial charge is 0.415 e. The van der Waals surface area contributed by atoms with E-state index in [0.717, 1.165) is 25.7 Å². The Labute approximate surface area is 121 Å². The molecule has 120 valence electrons. The fourth-order valence-corrected chi connectivity index (χ4v) is 2.67. The van der Waals surface area contributed by atoms with Gasteiger partial charge in [-0.25, -0.2) is 0 Å². The molecule has 0 aliphatic heterocycles. The molecule has 21 heavy (non-hydrogen) atoms. The number of halogens is 3. The number of aliphatic hydroxyl groups excluding tert-OH is 1. The molecular formula is C14H21F3N2O2. The van der Waals surface area contributed by atoms with E-state index >= 15 is 0 Å². The highest BCUT2D eigenvalue weighted by Gasteiger charge is 2.44. The second kappa shape index (κ2) is 5.59. The van der Waals surface area contributed by atoms with Crippen molar-refractivity contribution in [2.75, 3.05) is 0 Å². The van der Waals surface area contributed by atoms with E-state index in [9.17, 15) is 18.3 Å². The van der Waals surface area contributed by atoms with Crippen molar-refractivity contribution < 1.29 is 22.8 Å². The van der Waals surface area contributed by atoms with Crippen LogP contribution in [0.4, 0.5) is 13.2 Å². The van der Waals surface area contributed by atoms with Crippen LogP contribution in [0.15, 0.2) is 4.52 Å². The van der Waals surface area contributed by atoms with Crippen molar-refractivity contribution in [3.8, 4) is 0 Å². The lowest BCUT2D eigenvalue weighted by Gasteiger charge is -2.32. The van der Waals surface area contributed by atoms with Crippen LogP contribution in [0.25, 0.3) is 0 Å². The predicted molar refractivity (Wildman–Crippen MR) is 69.8 cm³/mol. The molecule has 0 saturated heterocycles. The molecule has 1 saturated carbocycles. The molecule has 0 radical (unpaired) electrons. The van der Waals surface area contributed by atoms with Gasteiger partial charge >= 0.3 is 6.18 Å². The summed E-state index contributed by atoms with van der Waals surface area (Å²) in [6.07, 6.45) is -3.31. The summed E-state index contributed by atoms with van der Waals surface area (Å²) in [4.78, 5) is 4.08. The molecule has 2 rings (SSSR count). The standard InChI is InChI=1S/C14H21F3N2O2/c1-8(10(20)14(15,16)17)12-18-11(19-21-12)9-4-6-13(2,3)7-5-9/h8-10,20H,4-7H2,1-3H3. The van der Waals surface area contributed by atoms with Crippen molar-refractivity contribution in [1.29, 1.82) is 0 Å². The monoisotopic (exact) mass is 306 g/mol. The van der Waals surface area contributed by atoms with Gasteiger partial charge in [-0.3, -0.25) is 0 Å². The van der Waals surface area contributed by atoms with E-state index in [1.807, 2.05) is 0 Å². The van der Waals surface area contributed by atoms with Gasteiger partial charge in [-0.05, 0) is 31.1 Å². The highest BCUT2D eigenvalue weighted by Crippen LogP contribution is 2.42. The lowest BCUT2D eigenvalue weighted by molar-refractivity contribution is -0.210. The van der Waals surface area contributed by atoms with Crippen molar-refractivity contribution in [2.24, 2.45) is 5.41 Å². The summed E-state index contributed by atoms with van der Waals surface area (Å²) >= 11 is 0. The Bertz CT molecular complexity index is 475. The topological polar surface area (TPSA) is 59.2 Å². The van der Waals surface area contributed by atoms with Gasteiger partial charge in [-0.1, -0.05) is 25.9 Å². The maximum Gasteiger partial charge on any atom is 0.415 e. The Balaban J connectivity index is 2.05. The van der Waals surface area contributed by atoms with Crippen molar-refractivity contribution in [3.05, 3.63) is 11.7 Å². The Kier molecular flexibility index (Phi) is 4.33.